The molecule has 0 fully saturated rings. The molecule has 0 aromatic heterocycles. The van der Waals surface area contributed by atoms with Gasteiger partial charge in [-0.3, -0.25) is 4.79 Å². The summed E-state index contributed by atoms with van der Waals surface area (Å²) >= 11 is 0. The molecule has 0 aliphatic heterocycles. The van der Waals surface area contributed by atoms with Gasteiger partial charge in [0, 0.05) is 12.1 Å². The fourth-order valence-corrected chi connectivity index (χ4v) is 3.02. The number of hydrogen-bond donors (Lipinski definition) is 2. The van der Waals surface area contributed by atoms with Crippen molar-refractivity contribution in [2.24, 2.45) is 0 Å². The van der Waals surface area contributed by atoms with Crippen LogP contribution in [0, 0.1) is 0 Å². The highest BCUT2D eigenvalue weighted by Gasteiger charge is 2.23. The Morgan fingerprint density at radius 1 is 1.35 bits per heavy atom. The maximum atomic E-state index is 12.2. The van der Waals surface area contributed by atoms with Gasteiger partial charge in [0.15, 0.2) is 0 Å². The summed E-state index contributed by atoms with van der Waals surface area (Å²) in [6, 6.07) is 3.53. The van der Waals surface area contributed by atoms with Gasteiger partial charge in [0.05, 0.1) is 20.6 Å². The Kier molecular flexibility index (Phi) is 5.34. The number of hydrogen-bond acceptors (Lipinski definition) is 5. The third kappa shape index (κ3) is 4.10. The smallest absolute Gasteiger partial charge is 0.304 e. The first-order valence-electron chi connectivity index (χ1n) is 5.76. The molecule has 0 aliphatic carbocycles. The van der Waals surface area contributed by atoms with Crippen LogP contribution in [-0.2, 0) is 14.8 Å². The Morgan fingerprint density at radius 2 is 2.00 bits per heavy atom. The van der Waals surface area contributed by atoms with Gasteiger partial charge in [-0.05, 0) is 19.1 Å². The monoisotopic (exact) mass is 303 g/mol. The Morgan fingerprint density at radius 3 is 2.50 bits per heavy atom. The summed E-state index contributed by atoms with van der Waals surface area (Å²) in [6.07, 6.45) is -0.308. The molecular formula is C12H17NO6S. The normalized spacial score (nSPS) is 12.8. The minimum Gasteiger partial charge on any atom is -0.497 e. The molecule has 0 bridgehead atoms. The fourth-order valence-electron chi connectivity index (χ4n) is 1.63. The van der Waals surface area contributed by atoms with Crippen molar-refractivity contribution in [3.05, 3.63) is 18.2 Å². The van der Waals surface area contributed by atoms with Crippen LogP contribution in [0.3, 0.4) is 0 Å². The predicted molar refractivity (Wildman–Crippen MR) is 71.6 cm³/mol. The zero-order valence-electron chi connectivity index (χ0n) is 11.4. The summed E-state index contributed by atoms with van der Waals surface area (Å²) < 4.78 is 36.7. The molecule has 0 spiro atoms. The third-order valence-corrected chi connectivity index (χ3v) is 4.13. The van der Waals surface area contributed by atoms with Crippen molar-refractivity contribution in [3.63, 3.8) is 0 Å². The number of nitrogens with one attached hydrogen (secondary N) is 1. The van der Waals surface area contributed by atoms with Crippen molar-refractivity contribution < 1.29 is 27.8 Å². The van der Waals surface area contributed by atoms with Crippen molar-refractivity contribution >= 4 is 16.0 Å². The highest BCUT2D eigenvalue weighted by Crippen LogP contribution is 2.28. The van der Waals surface area contributed by atoms with Gasteiger partial charge in [0.25, 0.3) is 0 Å². The minimum absolute atomic E-state index is 0.0713. The lowest BCUT2D eigenvalue weighted by Gasteiger charge is -2.15. The number of methoxy groups -OCH3 is 2. The number of rotatable bonds is 7. The lowest BCUT2D eigenvalue weighted by atomic mass is 10.3. The van der Waals surface area contributed by atoms with Crippen LogP contribution < -0.4 is 14.2 Å². The molecule has 2 N–H and O–H groups in total. The van der Waals surface area contributed by atoms with Gasteiger partial charge < -0.3 is 14.6 Å². The second-order valence-electron chi connectivity index (χ2n) is 4.14. The summed E-state index contributed by atoms with van der Waals surface area (Å²) in [5.74, 6) is -0.499. The molecule has 0 saturated carbocycles. The van der Waals surface area contributed by atoms with Crippen LogP contribution in [0.15, 0.2) is 23.1 Å². The van der Waals surface area contributed by atoms with E-state index in [1.807, 2.05) is 0 Å². The highest BCUT2D eigenvalue weighted by atomic mass is 32.2. The van der Waals surface area contributed by atoms with Gasteiger partial charge >= 0.3 is 5.97 Å². The first kappa shape index (κ1) is 16.3. The molecule has 1 unspecified atom stereocenters. The van der Waals surface area contributed by atoms with Gasteiger partial charge in [0.2, 0.25) is 10.0 Å². The largest absolute Gasteiger partial charge is 0.497 e. The number of ether oxygens (including phenoxy) is 2. The van der Waals surface area contributed by atoms with E-state index < -0.39 is 22.0 Å². The van der Waals surface area contributed by atoms with Crippen molar-refractivity contribution in [2.75, 3.05) is 14.2 Å². The molecule has 1 rings (SSSR count). The Labute approximate surface area is 117 Å². The lowest BCUT2D eigenvalue weighted by Crippen LogP contribution is -2.34. The lowest BCUT2D eigenvalue weighted by molar-refractivity contribution is -0.137. The number of carboxylic acids is 1. The molecule has 0 aliphatic rings. The van der Waals surface area contributed by atoms with Gasteiger partial charge in [-0.15, -0.1) is 0 Å². The summed E-state index contributed by atoms with van der Waals surface area (Å²) in [7, 11) is -1.07. The van der Waals surface area contributed by atoms with Crippen LogP contribution in [0.1, 0.15) is 13.3 Å². The van der Waals surface area contributed by atoms with Crippen molar-refractivity contribution in [1.82, 2.24) is 4.72 Å². The van der Waals surface area contributed by atoms with E-state index in [1.54, 1.807) is 0 Å². The SMILES string of the molecule is COc1ccc(S(=O)(=O)NC(C)CC(=O)O)c(OC)c1. The maximum absolute atomic E-state index is 12.2. The molecule has 7 nitrogen and oxygen atoms in total. The standard InChI is InChI=1S/C12H17NO6S/c1-8(6-12(14)15)13-20(16,17)11-5-4-9(18-2)7-10(11)19-3/h4-5,7-8,13H,6H2,1-3H3,(H,14,15). The zero-order valence-corrected chi connectivity index (χ0v) is 12.2. The van der Waals surface area contributed by atoms with Crippen molar-refractivity contribution in [1.29, 1.82) is 0 Å². The average molecular weight is 303 g/mol. The zero-order chi connectivity index (χ0) is 15.3. The Hall–Kier alpha value is -1.80. The van der Waals surface area contributed by atoms with E-state index in [1.165, 1.54) is 39.3 Å². The second kappa shape index (κ2) is 6.58. The topological polar surface area (TPSA) is 102 Å². The molecule has 0 amide bonds. The van der Waals surface area contributed by atoms with E-state index in [0.717, 1.165) is 0 Å². The van der Waals surface area contributed by atoms with Crippen LogP contribution in [-0.4, -0.2) is 39.8 Å². The number of carboxylic acid groups (broad SMARTS) is 1. The molecule has 112 valence electrons. The van der Waals surface area contributed by atoms with Crippen LogP contribution in [0.25, 0.3) is 0 Å². The molecular weight excluding hydrogens is 286 g/mol. The maximum Gasteiger partial charge on any atom is 0.304 e. The van der Waals surface area contributed by atoms with E-state index in [4.69, 9.17) is 14.6 Å². The minimum atomic E-state index is -3.87. The average Bonchev–Trinajstić information content (AvgIpc) is 2.36. The second-order valence-corrected chi connectivity index (χ2v) is 5.82. The number of sulfonamides is 1. The molecule has 0 heterocycles. The molecule has 1 aromatic rings. The van der Waals surface area contributed by atoms with Gasteiger partial charge in [-0.2, -0.15) is 0 Å². The van der Waals surface area contributed by atoms with Gasteiger partial charge in [-0.25, -0.2) is 13.1 Å². The number of benzene rings is 1. The van der Waals surface area contributed by atoms with E-state index >= 15 is 0 Å². The summed E-state index contributed by atoms with van der Waals surface area (Å²) in [6.45, 7) is 1.47. The van der Waals surface area contributed by atoms with Crippen molar-refractivity contribution in [2.45, 2.75) is 24.3 Å². The summed E-state index contributed by atoms with van der Waals surface area (Å²) in [5.41, 5.74) is 0. The molecule has 0 saturated heterocycles. The molecule has 0 radical (unpaired) electrons. The summed E-state index contributed by atoms with van der Waals surface area (Å²) in [5, 5.41) is 8.64. The van der Waals surface area contributed by atoms with Crippen LogP contribution in [0.4, 0.5) is 0 Å². The summed E-state index contributed by atoms with van der Waals surface area (Å²) in [4.78, 5) is 10.5. The van der Waals surface area contributed by atoms with Crippen LogP contribution in [0.5, 0.6) is 11.5 Å². The van der Waals surface area contributed by atoms with Crippen LogP contribution in [0.2, 0.25) is 0 Å². The molecule has 1 aromatic carbocycles. The van der Waals surface area contributed by atoms with E-state index in [-0.39, 0.29) is 17.1 Å². The molecule has 20 heavy (non-hydrogen) atoms. The first-order chi connectivity index (χ1) is 9.30. The van der Waals surface area contributed by atoms with Gasteiger partial charge in [-0.1, -0.05) is 0 Å². The van der Waals surface area contributed by atoms with Crippen LogP contribution >= 0.6 is 0 Å². The van der Waals surface area contributed by atoms with E-state index in [0.29, 0.717) is 5.75 Å². The first-order valence-corrected chi connectivity index (χ1v) is 7.24. The molecule has 1 atom stereocenters. The number of aliphatic carboxylic acids is 1. The van der Waals surface area contributed by atoms with Crippen molar-refractivity contribution in [3.8, 4) is 11.5 Å². The fraction of sp³-hybridized carbons (Fsp3) is 0.417. The predicted octanol–water partition coefficient (Wildman–Crippen LogP) is 0.845. The molecule has 8 heteroatoms. The van der Waals surface area contributed by atoms with E-state index in [9.17, 15) is 13.2 Å². The number of carbonyl (C=O) groups is 1. The Bertz CT molecular complexity index is 584. The quantitative estimate of drug-likeness (QED) is 0.774. The Balaban J connectivity index is 3.06. The highest BCUT2D eigenvalue weighted by molar-refractivity contribution is 7.89. The van der Waals surface area contributed by atoms with E-state index in [2.05, 4.69) is 4.72 Å². The van der Waals surface area contributed by atoms with Gasteiger partial charge in [0.1, 0.15) is 16.4 Å². The third-order valence-electron chi connectivity index (χ3n) is 2.50.